The van der Waals surface area contributed by atoms with Gasteiger partial charge in [-0.3, -0.25) is 14.7 Å². The van der Waals surface area contributed by atoms with E-state index >= 15 is 0 Å². The van der Waals surface area contributed by atoms with Gasteiger partial charge in [-0.25, -0.2) is 4.98 Å². The molecule has 0 spiro atoms. The van der Waals surface area contributed by atoms with Crippen LogP contribution in [0.1, 0.15) is 55.8 Å². The minimum absolute atomic E-state index is 0.115. The molecule has 0 bridgehead atoms. The van der Waals surface area contributed by atoms with Gasteiger partial charge in [-0.2, -0.15) is 0 Å². The lowest BCUT2D eigenvalue weighted by molar-refractivity contribution is -0.138. The lowest BCUT2D eigenvalue weighted by Crippen LogP contribution is -2.46. The first-order valence-electron chi connectivity index (χ1n) is 12.9. The third-order valence-electron chi connectivity index (χ3n) is 7.09. The summed E-state index contributed by atoms with van der Waals surface area (Å²) < 4.78 is 0. The van der Waals surface area contributed by atoms with Gasteiger partial charge in [-0.15, -0.1) is 0 Å². The number of aryl methyl sites for hydroxylation is 1. The van der Waals surface area contributed by atoms with Crippen molar-refractivity contribution in [1.82, 2.24) is 19.8 Å². The van der Waals surface area contributed by atoms with E-state index in [1.54, 1.807) is 6.20 Å². The van der Waals surface area contributed by atoms with Crippen molar-refractivity contribution in [2.24, 2.45) is 17.0 Å². The number of carbonyl (C=O) groups excluding carboxylic acids is 1. The Kier molecular flexibility index (Phi) is 8.69. The molecule has 0 saturated carbocycles. The maximum atomic E-state index is 13.3. The smallest absolute Gasteiger partial charge is 0.225 e. The van der Waals surface area contributed by atoms with Gasteiger partial charge >= 0.3 is 0 Å². The Labute approximate surface area is 208 Å². The fraction of sp³-hybridized carbons (Fsp3) is 0.556. The van der Waals surface area contributed by atoms with Crippen molar-refractivity contribution < 1.29 is 9.63 Å². The van der Waals surface area contributed by atoms with E-state index in [4.69, 9.17) is 10.6 Å². The lowest BCUT2D eigenvalue weighted by Gasteiger charge is -2.37. The average Bonchev–Trinajstić information content (AvgIpc) is 2.88. The van der Waals surface area contributed by atoms with Gasteiger partial charge < -0.3 is 15.5 Å². The number of oxime groups is 1. The molecule has 2 aromatic heterocycles. The standard InChI is InChI=1S/C27H38N6O2/c1-3-17-35-31-26(25-20(2)5-4-11-30-25)22-9-15-33(16-10-22)27(34)23-7-13-32(14-8-23)19-21-6-12-29-24(28)18-21/h4-6,11-12,18,22-23H,3,7-10,13-17,19H2,1-2H3,(H2,28,29). The summed E-state index contributed by atoms with van der Waals surface area (Å²) in [5.74, 6) is 1.23. The first kappa shape index (κ1) is 25.1. The largest absolute Gasteiger partial charge is 0.396 e. The Balaban J connectivity index is 1.30. The number of pyridine rings is 2. The van der Waals surface area contributed by atoms with E-state index in [0.717, 1.165) is 81.8 Å². The minimum Gasteiger partial charge on any atom is -0.396 e. The van der Waals surface area contributed by atoms with E-state index in [0.29, 0.717) is 18.3 Å². The van der Waals surface area contributed by atoms with Crippen LogP contribution in [0, 0.1) is 18.8 Å². The van der Waals surface area contributed by atoms with E-state index in [1.807, 2.05) is 24.4 Å². The maximum absolute atomic E-state index is 13.3. The highest BCUT2D eigenvalue weighted by molar-refractivity contribution is 6.01. The highest BCUT2D eigenvalue weighted by atomic mass is 16.6. The molecule has 2 aliphatic heterocycles. The van der Waals surface area contributed by atoms with Crippen LogP contribution in [0.2, 0.25) is 0 Å². The van der Waals surface area contributed by atoms with Gasteiger partial charge in [0.05, 0.1) is 5.69 Å². The van der Waals surface area contributed by atoms with Gasteiger partial charge in [0.25, 0.3) is 0 Å². The Morgan fingerprint density at radius 1 is 1.09 bits per heavy atom. The highest BCUT2D eigenvalue weighted by Gasteiger charge is 2.33. The quantitative estimate of drug-likeness (QED) is 0.353. The van der Waals surface area contributed by atoms with Crippen LogP contribution in [0.4, 0.5) is 5.82 Å². The fourth-order valence-corrected chi connectivity index (χ4v) is 5.09. The maximum Gasteiger partial charge on any atom is 0.225 e. The molecule has 0 aliphatic carbocycles. The number of piperidine rings is 2. The van der Waals surface area contributed by atoms with Crippen LogP contribution < -0.4 is 5.73 Å². The van der Waals surface area contributed by atoms with E-state index in [9.17, 15) is 4.79 Å². The summed E-state index contributed by atoms with van der Waals surface area (Å²) in [7, 11) is 0. The van der Waals surface area contributed by atoms with Crippen molar-refractivity contribution in [3.05, 3.63) is 53.5 Å². The second-order valence-corrected chi connectivity index (χ2v) is 9.72. The molecule has 0 aromatic carbocycles. The number of rotatable bonds is 8. The molecule has 188 valence electrons. The number of hydrogen-bond donors (Lipinski definition) is 1. The molecular formula is C27H38N6O2. The van der Waals surface area contributed by atoms with Gasteiger partial charge in [0.15, 0.2) is 0 Å². The first-order chi connectivity index (χ1) is 17.0. The summed E-state index contributed by atoms with van der Waals surface area (Å²) in [5, 5.41) is 4.51. The second kappa shape index (κ2) is 12.1. The third kappa shape index (κ3) is 6.57. The molecule has 2 aliphatic rings. The number of amides is 1. The van der Waals surface area contributed by atoms with Gasteiger partial charge in [0, 0.05) is 43.9 Å². The van der Waals surface area contributed by atoms with Gasteiger partial charge in [0.2, 0.25) is 5.91 Å². The molecule has 1 amide bonds. The number of likely N-dealkylation sites (tertiary alicyclic amines) is 2. The highest BCUT2D eigenvalue weighted by Crippen LogP contribution is 2.27. The molecule has 2 N–H and O–H groups in total. The molecule has 8 nitrogen and oxygen atoms in total. The summed E-state index contributed by atoms with van der Waals surface area (Å²) >= 11 is 0. The lowest BCUT2D eigenvalue weighted by atomic mass is 9.87. The van der Waals surface area contributed by atoms with E-state index < -0.39 is 0 Å². The number of nitrogens with two attached hydrogens (primary N) is 1. The Morgan fingerprint density at radius 2 is 1.83 bits per heavy atom. The topological polar surface area (TPSA) is 96.9 Å². The van der Waals surface area contributed by atoms with E-state index in [1.165, 1.54) is 5.56 Å². The van der Waals surface area contributed by atoms with Crippen LogP contribution in [0.5, 0.6) is 0 Å². The van der Waals surface area contributed by atoms with Gasteiger partial charge in [0.1, 0.15) is 18.1 Å². The van der Waals surface area contributed by atoms with Crippen molar-refractivity contribution in [1.29, 1.82) is 0 Å². The first-order valence-corrected chi connectivity index (χ1v) is 12.9. The van der Waals surface area contributed by atoms with E-state index in [2.05, 4.69) is 44.8 Å². The molecule has 4 heterocycles. The molecular weight excluding hydrogens is 440 g/mol. The Bertz CT molecular complexity index is 1010. The van der Waals surface area contributed by atoms with Crippen LogP contribution in [0.25, 0.3) is 0 Å². The molecule has 4 rings (SSSR count). The molecule has 0 radical (unpaired) electrons. The zero-order valence-corrected chi connectivity index (χ0v) is 21.0. The minimum atomic E-state index is 0.115. The number of carbonyl (C=O) groups is 1. The van der Waals surface area contributed by atoms with Crippen LogP contribution in [-0.2, 0) is 16.2 Å². The number of anilines is 1. The van der Waals surface area contributed by atoms with Crippen LogP contribution in [-0.4, -0.2) is 64.2 Å². The summed E-state index contributed by atoms with van der Waals surface area (Å²) in [6.45, 7) is 8.97. The predicted molar refractivity (Wildman–Crippen MR) is 138 cm³/mol. The van der Waals surface area contributed by atoms with Crippen molar-refractivity contribution in [2.75, 3.05) is 38.5 Å². The number of nitrogens with zero attached hydrogens (tertiary/aromatic N) is 5. The monoisotopic (exact) mass is 478 g/mol. The molecule has 35 heavy (non-hydrogen) atoms. The second-order valence-electron chi connectivity index (χ2n) is 9.72. The zero-order chi connectivity index (χ0) is 24.6. The Hall–Kier alpha value is -3.00. The summed E-state index contributed by atoms with van der Waals surface area (Å²) in [4.78, 5) is 32.0. The molecule has 0 atom stereocenters. The van der Waals surface area contributed by atoms with Crippen molar-refractivity contribution >= 4 is 17.4 Å². The van der Waals surface area contributed by atoms with Crippen molar-refractivity contribution in [3.63, 3.8) is 0 Å². The molecule has 2 aromatic rings. The van der Waals surface area contributed by atoms with Crippen LogP contribution >= 0.6 is 0 Å². The number of hydrogen-bond acceptors (Lipinski definition) is 7. The normalized spacial score (nSPS) is 18.6. The summed E-state index contributed by atoms with van der Waals surface area (Å²) in [5.41, 5.74) is 9.92. The SMILES string of the molecule is CCCON=C(c1ncccc1C)C1CCN(C(=O)C2CCN(Cc3ccnc(N)c3)CC2)CC1. The van der Waals surface area contributed by atoms with Crippen molar-refractivity contribution in [2.45, 2.75) is 52.5 Å². The third-order valence-corrected chi connectivity index (χ3v) is 7.09. The Morgan fingerprint density at radius 3 is 2.51 bits per heavy atom. The summed E-state index contributed by atoms with van der Waals surface area (Å²) in [6, 6.07) is 7.95. The van der Waals surface area contributed by atoms with Gasteiger partial charge in [-0.05, 0) is 81.4 Å². The molecule has 2 fully saturated rings. The average molecular weight is 479 g/mol. The van der Waals surface area contributed by atoms with Crippen molar-refractivity contribution in [3.8, 4) is 0 Å². The molecule has 2 saturated heterocycles. The van der Waals surface area contributed by atoms with E-state index in [-0.39, 0.29) is 11.8 Å². The van der Waals surface area contributed by atoms with Crippen LogP contribution in [0.3, 0.4) is 0 Å². The van der Waals surface area contributed by atoms with Crippen LogP contribution in [0.15, 0.2) is 41.8 Å². The molecule has 0 unspecified atom stereocenters. The summed E-state index contributed by atoms with van der Waals surface area (Å²) in [6.07, 6.45) is 8.07. The number of nitrogen functional groups attached to an aromatic ring is 1. The molecule has 8 heteroatoms. The number of aromatic nitrogens is 2. The zero-order valence-electron chi connectivity index (χ0n) is 21.0. The predicted octanol–water partition coefficient (Wildman–Crippen LogP) is 3.65. The van der Waals surface area contributed by atoms with Gasteiger partial charge in [-0.1, -0.05) is 18.1 Å². The fourth-order valence-electron chi connectivity index (χ4n) is 5.09.